The van der Waals surface area contributed by atoms with Gasteiger partial charge in [0.05, 0.1) is 21.6 Å². The molecule has 0 radical (unpaired) electrons. The summed E-state index contributed by atoms with van der Waals surface area (Å²) < 4.78 is 40.4. The molecule has 8 nitrogen and oxygen atoms in total. The van der Waals surface area contributed by atoms with Crippen LogP contribution in [0.25, 0.3) is 0 Å². The lowest BCUT2D eigenvalue weighted by Gasteiger charge is -2.21. The van der Waals surface area contributed by atoms with E-state index in [2.05, 4.69) is 0 Å². The zero-order chi connectivity index (χ0) is 21.5. The zero-order valence-electron chi connectivity index (χ0n) is 15.7. The second-order valence-electron chi connectivity index (χ2n) is 6.59. The molecular weight excluding hydrogens is 403 g/mol. The molecule has 2 aromatic carbocycles. The number of rotatable bonds is 5. The summed E-state index contributed by atoms with van der Waals surface area (Å²) in [5, 5.41) is 0.230. The second kappa shape index (κ2) is 7.37. The van der Waals surface area contributed by atoms with Gasteiger partial charge in [0.1, 0.15) is 5.82 Å². The molecule has 1 heterocycles. The van der Waals surface area contributed by atoms with Gasteiger partial charge in [0.25, 0.3) is 11.8 Å². The third-order valence-electron chi connectivity index (χ3n) is 4.49. The number of sulfonamides is 1. The fourth-order valence-electron chi connectivity index (χ4n) is 2.65. The minimum atomic E-state index is -3.99. The van der Waals surface area contributed by atoms with E-state index in [9.17, 15) is 27.2 Å². The van der Waals surface area contributed by atoms with E-state index in [0.29, 0.717) is 0 Å². The third kappa shape index (κ3) is 3.52. The Morgan fingerprint density at radius 3 is 2.14 bits per heavy atom. The van der Waals surface area contributed by atoms with Crippen molar-refractivity contribution in [3.05, 3.63) is 65.0 Å². The fourth-order valence-corrected chi connectivity index (χ4v) is 4.04. The van der Waals surface area contributed by atoms with Crippen molar-refractivity contribution in [3.63, 3.8) is 0 Å². The summed E-state index contributed by atoms with van der Waals surface area (Å²) in [4.78, 5) is 41.5. The number of hydrogen-bond acceptors (Lipinski definition) is 6. The Bertz CT molecular complexity index is 1090. The molecule has 0 N–H and O–H groups in total. The molecule has 0 bridgehead atoms. The van der Waals surface area contributed by atoms with Gasteiger partial charge in [-0.05, 0) is 44.2 Å². The fraction of sp³-hybridized carbons (Fsp3) is 0.211. The normalized spacial score (nSPS) is 13.9. The van der Waals surface area contributed by atoms with Gasteiger partial charge in [-0.2, -0.15) is 4.31 Å². The van der Waals surface area contributed by atoms with E-state index in [1.165, 1.54) is 31.3 Å². The summed E-state index contributed by atoms with van der Waals surface area (Å²) in [6.07, 6.45) is 0. The van der Waals surface area contributed by atoms with E-state index in [1.807, 2.05) is 0 Å². The van der Waals surface area contributed by atoms with E-state index in [0.717, 1.165) is 22.5 Å². The van der Waals surface area contributed by atoms with Crippen molar-refractivity contribution in [1.82, 2.24) is 9.37 Å². The van der Waals surface area contributed by atoms with Gasteiger partial charge in [-0.15, -0.1) is 0 Å². The Kier molecular flexibility index (Phi) is 5.24. The maximum Gasteiger partial charge on any atom is 0.366 e. The number of hydroxylamine groups is 2. The van der Waals surface area contributed by atoms with Crippen LogP contribution in [0.1, 0.15) is 44.9 Å². The Hall–Kier alpha value is -3.11. The summed E-state index contributed by atoms with van der Waals surface area (Å²) in [5.74, 6) is -4.18. The molecule has 0 saturated carbocycles. The van der Waals surface area contributed by atoms with E-state index < -0.39 is 39.2 Å². The molecule has 0 aromatic heterocycles. The first-order valence-corrected chi connectivity index (χ1v) is 9.97. The van der Waals surface area contributed by atoms with E-state index in [-0.39, 0.29) is 27.1 Å². The van der Waals surface area contributed by atoms with Crippen LogP contribution in [0.4, 0.5) is 4.39 Å². The highest BCUT2D eigenvalue weighted by Crippen LogP contribution is 2.25. The van der Waals surface area contributed by atoms with Crippen LogP contribution in [0.3, 0.4) is 0 Å². The molecule has 0 saturated heterocycles. The van der Waals surface area contributed by atoms with Gasteiger partial charge < -0.3 is 4.84 Å². The first kappa shape index (κ1) is 20.6. The molecule has 1 aliphatic heterocycles. The van der Waals surface area contributed by atoms with Crippen molar-refractivity contribution in [2.75, 3.05) is 7.05 Å². The Morgan fingerprint density at radius 1 is 1.07 bits per heavy atom. The number of benzene rings is 2. The van der Waals surface area contributed by atoms with Gasteiger partial charge >= 0.3 is 5.97 Å². The van der Waals surface area contributed by atoms with Crippen molar-refractivity contribution in [3.8, 4) is 0 Å². The van der Waals surface area contributed by atoms with Crippen molar-refractivity contribution >= 4 is 27.8 Å². The smallest absolute Gasteiger partial charge is 0.324 e. The van der Waals surface area contributed by atoms with Crippen LogP contribution in [-0.4, -0.2) is 48.7 Å². The molecule has 0 aliphatic carbocycles. The van der Waals surface area contributed by atoms with Gasteiger partial charge in [-0.3, -0.25) is 9.59 Å². The number of carbonyl (C=O) groups is 3. The molecule has 3 rings (SSSR count). The van der Waals surface area contributed by atoms with Gasteiger partial charge in [0.15, 0.2) is 0 Å². The predicted molar refractivity (Wildman–Crippen MR) is 98.8 cm³/mol. The topological polar surface area (TPSA) is 101 Å². The second-order valence-corrected chi connectivity index (χ2v) is 8.58. The number of fused-ring (bicyclic) bond motifs is 1. The maximum absolute atomic E-state index is 14.2. The first-order chi connectivity index (χ1) is 13.6. The predicted octanol–water partition coefficient (Wildman–Crippen LogP) is 2.22. The molecular formula is C19H17FN2O6S. The van der Waals surface area contributed by atoms with Crippen LogP contribution in [0.15, 0.2) is 47.4 Å². The lowest BCUT2D eigenvalue weighted by atomic mass is 10.1. The van der Waals surface area contributed by atoms with Crippen LogP contribution in [0.5, 0.6) is 0 Å². The lowest BCUT2D eigenvalue weighted by Crippen LogP contribution is -2.34. The van der Waals surface area contributed by atoms with Crippen LogP contribution in [0.2, 0.25) is 0 Å². The van der Waals surface area contributed by atoms with Gasteiger partial charge in [0, 0.05) is 13.1 Å². The molecule has 0 unspecified atom stereocenters. The van der Waals surface area contributed by atoms with Crippen LogP contribution >= 0.6 is 0 Å². The summed E-state index contributed by atoms with van der Waals surface area (Å²) in [6.45, 7) is 3.30. The largest absolute Gasteiger partial charge is 0.366 e. The molecule has 0 atom stereocenters. The van der Waals surface area contributed by atoms with Gasteiger partial charge in [0.2, 0.25) is 10.0 Å². The van der Waals surface area contributed by atoms with Crippen molar-refractivity contribution in [1.29, 1.82) is 0 Å². The number of amides is 2. The Morgan fingerprint density at radius 2 is 1.62 bits per heavy atom. The molecule has 152 valence electrons. The van der Waals surface area contributed by atoms with Crippen LogP contribution < -0.4 is 0 Å². The standard InChI is InChI=1S/C19H17FN2O6S/c1-11(2)21(3)29(26,27)12-8-9-16(20)15(10-12)19(25)28-22-17(23)13-6-4-5-7-14(13)18(22)24/h4-11H,1-3H3. The zero-order valence-corrected chi connectivity index (χ0v) is 16.6. The quantitative estimate of drug-likeness (QED) is 0.688. The van der Waals surface area contributed by atoms with Gasteiger partial charge in [-0.1, -0.05) is 17.2 Å². The Balaban J connectivity index is 1.91. The highest BCUT2D eigenvalue weighted by molar-refractivity contribution is 7.89. The summed E-state index contributed by atoms with van der Waals surface area (Å²) >= 11 is 0. The summed E-state index contributed by atoms with van der Waals surface area (Å²) in [6, 6.07) is 8.10. The lowest BCUT2D eigenvalue weighted by molar-refractivity contribution is -0.0587. The maximum atomic E-state index is 14.2. The number of carbonyl (C=O) groups excluding carboxylic acids is 3. The molecule has 0 fully saturated rings. The molecule has 2 aromatic rings. The molecule has 0 spiro atoms. The number of nitrogens with zero attached hydrogens (tertiary/aromatic N) is 2. The van der Waals surface area contributed by atoms with Crippen molar-refractivity contribution in [2.45, 2.75) is 24.8 Å². The van der Waals surface area contributed by atoms with Crippen molar-refractivity contribution < 1.29 is 32.0 Å². The highest BCUT2D eigenvalue weighted by Gasteiger charge is 2.39. The molecule has 1 aliphatic rings. The number of hydrogen-bond donors (Lipinski definition) is 0. The number of imide groups is 1. The monoisotopic (exact) mass is 420 g/mol. The average molecular weight is 420 g/mol. The minimum absolute atomic E-state index is 0.0423. The SMILES string of the molecule is CC(C)N(C)S(=O)(=O)c1ccc(F)c(C(=O)ON2C(=O)c3ccccc3C2=O)c1. The van der Waals surface area contributed by atoms with E-state index >= 15 is 0 Å². The molecule has 2 amide bonds. The highest BCUT2D eigenvalue weighted by atomic mass is 32.2. The van der Waals surface area contributed by atoms with E-state index in [1.54, 1.807) is 13.8 Å². The van der Waals surface area contributed by atoms with E-state index in [4.69, 9.17) is 4.84 Å². The van der Waals surface area contributed by atoms with Gasteiger partial charge in [-0.25, -0.2) is 17.6 Å². The van der Waals surface area contributed by atoms with Crippen LogP contribution in [0, 0.1) is 5.82 Å². The molecule has 29 heavy (non-hydrogen) atoms. The van der Waals surface area contributed by atoms with Crippen molar-refractivity contribution in [2.24, 2.45) is 0 Å². The number of halogens is 1. The average Bonchev–Trinajstić information content (AvgIpc) is 2.92. The first-order valence-electron chi connectivity index (χ1n) is 8.53. The third-order valence-corrected chi connectivity index (χ3v) is 6.52. The summed E-state index contributed by atoms with van der Waals surface area (Å²) in [5.41, 5.74) is -0.638. The summed E-state index contributed by atoms with van der Waals surface area (Å²) in [7, 11) is -2.64. The Labute approximate surface area is 166 Å². The van der Waals surface area contributed by atoms with Crippen LogP contribution in [-0.2, 0) is 14.9 Å². The minimum Gasteiger partial charge on any atom is -0.324 e. The molecule has 10 heteroatoms.